The molecule has 0 saturated carbocycles. The van der Waals surface area contributed by atoms with E-state index in [1.807, 2.05) is 54.6 Å². The highest BCUT2D eigenvalue weighted by atomic mass is 127. The van der Waals surface area contributed by atoms with Crippen molar-refractivity contribution in [1.29, 1.82) is 0 Å². The van der Waals surface area contributed by atoms with Crippen molar-refractivity contribution in [3.63, 3.8) is 0 Å². The summed E-state index contributed by atoms with van der Waals surface area (Å²) < 4.78 is 1.03. The van der Waals surface area contributed by atoms with E-state index in [2.05, 4.69) is 94.6 Å². The van der Waals surface area contributed by atoms with Gasteiger partial charge in [-0.3, -0.25) is 4.79 Å². The number of anilines is 1. The van der Waals surface area contributed by atoms with Gasteiger partial charge in [0.05, 0.1) is 11.2 Å². The topological polar surface area (TPSA) is 42.0 Å². The van der Waals surface area contributed by atoms with E-state index in [0.29, 0.717) is 5.56 Å². The van der Waals surface area contributed by atoms with Crippen molar-refractivity contribution in [1.82, 2.24) is 4.98 Å². The number of hydrogen-bond donors (Lipinski definition) is 1. The van der Waals surface area contributed by atoms with Crippen LogP contribution in [0, 0.1) is 3.57 Å². The van der Waals surface area contributed by atoms with Crippen LogP contribution >= 0.6 is 22.6 Å². The zero-order valence-electron chi connectivity index (χ0n) is 19.3. The Bertz CT molecular complexity index is 1730. The molecule has 0 aliphatic heterocycles. The van der Waals surface area contributed by atoms with Gasteiger partial charge in [0.2, 0.25) is 0 Å². The highest BCUT2D eigenvalue weighted by Gasteiger charge is 2.13. The first-order valence-corrected chi connectivity index (χ1v) is 12.8. The molecule has 6 aromatic rings. The lowest BCUT2D eigenvalue weighted by atomic mass is 9.94. The van der Waals surface area contributed by atoms with E-state index in [-0.39, 0.29) is 5.91 Å². The van der Waals surface area contributed by atoms with E-state index in [1.54, 1.807) is 0 Å². The maximum absolute atomic E-state index is 12.6. The Morgan fingerprint density at radius 1 is 0.694 bits per heavy atom. The first kappa shape index (κ1) is 22.4. The van der Waals surface area contributed by atoms with Crippen molar-refractivity contribution in [3.05, 3.63) is 130 Å². The van der Waals surface area contributed by atoms with Crippen LogP contribution in [-0.4, -0.2) is 10.9 Å². The molecule has 0 radical (unpaired) electrons. The van der Waals surface area contributed by atoms with Crippen molar-refractivity contribution < 1.29 is 4.79 Å². The summed E-state index contributed by atoms with van der Waals surface area (Å²) in [6.07, 6.45) is 0. The summed E-state index contributed by atoms with van der Waals surface area (Å²) in [5.74, 6) is -0.122. The number of hydrogen-bond acceptors (Lipinski definition) is 2. The zero-order chi connectivity index (χ0) is 24.5. The number of carbonyl (C=O) groups is 1. The molecule has 3 nitrogen and oxygen atoms in total. The van der Waals surface area contributed by atoms with Gasteiger partial charge < -0.3 is 5.32 Å². The Morgan fingerprint density at radius 3 is 2.28 bits per heavy atom. The molecule has 1 N–H and O–H groups in total. The predicted octanol–water partition coefficient (Wildman–Crippen LogP) is 8.58. The van der Waals surface area contributed by atoms with Crippen LogP contribution in [0.5, 0.6) is 0 Å². The van der Waals surface area contributed by atoms with E-state index in [9.17, 15) is 4.79 Å². The molecule has 0 aliphatic carbocycles. The van der Waals surface area contributed by atoms with Crippen molar-refractivity contribution in [2.24, 2.45) is 0 Å². The maximum atomic E-state index is 12.6. The number of nitrogens with one attached hydrogen (secondary N) is 1. The van der Waals surface area contributed by atoms with E-state index in [0.717, 1.165) is 42.5 Å². The molecule has 4 heteroatoms. The minimum atomic E-state index is -0.122. The monoisotopic (exact) mass is 576 g/mol. The fraction of sp³-hybridized carbons (Fsp3) is 0. The van der Waals surface area contributed by atoms with Crippen molar-refractivity contribution in [2.45, 2.75) is 0 Å². The Morgan fingerprint density at radius 2 is 1.47 bits per heavy atom. The Balaban J connectivity index is 1.41. The molecule has 0 atom stereocenters. The van der Waals surface area contributed by atoms with Gasteiger partial charge in [0.15, 0.2) is 0 Å². The van der Waals surface area contributed by atoms with Crippen LogP contribution in [0.3, 0.4) is 0 Å². The molecule has 1 heterocycles. The third-order valence-corrected chi connectivity index (χ3v) is 6.98. The molecule has 36 heavy (non-hydrogen) atoms. The van der Waals surface area contributed by atoms with Crippen LogP contribution in [0.4, 0.5) is 5.69 Å². The standard InChI is InChI=1S/C32H21IN2O/c33-25-11-6-10-24(19-25)32(36)34-26-16-13-23(14-17-26)30-20-28(21-7-2-1-3-8-21)31-27-12-5-4-9-22(27)15-18-29(31)35-30/h1-20H,(H,34,36). The average molecular weight is 576 g/mol. The molecular formula is C32H21IN2O. The maximum Gasteiger partial charge on any atom is 0.255 e. The Kier molecular flexibility index (Phi) is 5.95. The Hall–Kier alpha value is -4.03. The summed E-state index contributed by atoms with van der Waals surface area (Å²) >= 11 is 2.21. The van der Waals surface area contributed by atoms with Gasteiger partial charge in [-0.15, -0.1) is 0 Å². The fourth-order valence-electron chi connectivity index (χ4n) is 4.56. The lowest BCUT2D eigenvalue weighted by Crippen LogP contribution is -2.11. The average Bonchev–Trinajstić information content (AvgIpc) is 2.93. The number of carbonyl (C=O) groups excluding carboxylic acids is 1. The summed E-state index contributed by atoms with van der Waals surface area (Å²) in [5.41, 5.74) is 6.55. The number of halogens is 1. The van der Waals surface area contributed by atoms with Gasteiger partial charge in [0.25, 0.3) is 5.91 Å². The minimum absolute atomic E-state index is 0.122. The molecule has 0 aliphatic rings. The zero-order valence-corrected chi connectivity index (χ0v) is 21.4. The molecule has 0 bridgehead atoms. The summed E-state index contributed by atoms with van der Waals surface area (Å²) in [6, 6.07) is 40.7. The predicted molar refractivity (Wildman–Crippen MR) is 157 cm³/mol. The summed E-state index contributed by atoms with van der Waals surface area (Å²) in [7, 11) is 0. The number of aromatic nitrogens is 1. The Labute approximate surface area is 223 Å². The number of pyridine rings is 1. The molecule has 1 amide bonds. The lowest BCUT2D eigenvalue weighted by molar-refractivity contribution is 0.102. The van der Waals surface area contributed by atoms with Crippen LogP contribution in [-0.2, 0) is 0 Å². The quantitative estimate of drug-likeness (QED) is 0.169. The molecule has 0 fully saturated rings. The second-order valence-corrected chi connectivity index (χ2v) is 9.89. The van der Waals surface area contributed by atoms with Gasteiger partial charge in [0, 0.05) is 25.8 Å². The van der Waals surface area contributed by atoms with Crippen LogP contribution in [0.2, 0.25) is 0 Å². The molecule has 6 rings (SSSR count). The van der Waals surface area contributed by atoms with Crippen molar-refractivity contribution in [2.75, 3.05) is 5.32 Å². The number of rotatable bonds is 4. The first-order chi connectivity index (χ1) is 17.7. The third kappa shape index (κ3) is 4.36. The largest absolute Gasteiger partial charge is 0.322 e. The van der Waals surface area contributed by atoms with Gasteiger partial charge in [0.1, 0.15) is 0 Å². The molecule has 0 unspecified atom stereocenters. The van der Waals surface area contributed by atoms with Gasteiger partial charge in [-0.2, -0.15) is 0 Å². The van der Waals surface area contributed by atoms with Crippen LogP contribution in [0.15, 0.2) is 121 Å². The summed E-state index contributed by atoms with van der Waals surface area (Å²) in [6.45, 7) is 0. The molecule has 0 saturated heterocycles. The summed E-state index contributed by atoms with van der Waals surface area (Å²) in [5, 5.41) is 6.54. The van der Waals surface area contributed by atoms with Gasteiger partial charge in [-0.25, -0.2) is 4.98 Å². The smallest absolute Gasteiger partial charge is 0.255 e. The number of nitrogens with zero attached hydrogens (tertiary/aromatic N) is 1. The molecular weight excluding hydrogens is 555 g/mol. The molecule has 5 aromatic carbocycles. The van der Waals surface area contributed by atoms with E-state index in [1.165, 1.54) is 10.8 Å². The lowest BCUT2D eigenvalue weighted by Gasteiger charge is -2.13. The number of amides is 1. The first-order valence-electron chi connectivity index (χ1n) is 11.7. The molecule has 1 aromatic heterocycles. The summed E-state index contributed by atoms with van der Waals surface area (Å²) in [4.78, 5) is 17.7. The third-order valence-electron chi connectivity index (χ3n) is 6.31. The van der Waals surface area contributed by atoms with Crippen LogP contribution in [0.25, 0.3) is 44.1 Å². The van der Waals surface area contributed by atoms with E-state index < -0.39 is 0 Å². The van der Waals surface area contributed by atoms with Gasteiger partial charge >= 0.3 is 0 Å². The number of fused-ring (bicyclic) bond motifs is 3. The molecule has 172 valence electrons. The normalized spacial score (nSPS) is 11.0. The van der Waals surface area contributed by atoms with Crippen molar-refractivity contribution >= 4 is 55.9 Å². The highest BCUT2D eigenvalue weighted by Crippen LogP contribution is 2.36. The van der Waals surface area contributed by atoms with E-state index >= 15 is 0 Å². The van der Waals surface area contributed by atoms with Gasteiger partial charge in [-0.05, 0) is 87.0 Å². The number of benzene rings is 5. The SMILES string of the molecule is O=C(Nc1ccc(-c2cc(-c3ccccc3)c3c(ccc4ccccc43)n2)cc1)c1cccc(I)c1. The second-order valence-electron chi connectivity index (χ2n) is 8.64. The second kappa shape index (κ2) is 9.55. The van der Waals surface area contributed by atoms with Crippen molar-refractivity contribution in [3.8, 4) is 22.4 Å². The minimum Gasteiger partial charge on any atom is -0.322 e. The van der Waals surface area contributed by atoms with Gasteiger partial charge in [-0.1, -0.05) is 78.9 Å². The van der Waals surface area contributed by atoms with Crippen LogP contribution in [0.1, 0.15) is 10.4 Å². The highest BCUT2D eigenvalue weighted by molar-refractivity contribution is 14.1. The molecule has 0 spiro atoms. The van der Waals surface area contributed by atoms with E-state index in [4.69, 9.17) is 4.98 Å². The fourth-order valence-corrected chi connectivity index (χ4v) is 5.10. The van der Waals surface area contributed by atoms with Crippen LogP contribution < -0.4 is 5.32 Å².